The summed E-state index contributed by atoms with van der Waals surface area (Å²) in [4.78, 5) is 12.1. The maximum Gasteiger partial charge on any atom is 0.225 e. The van der Waals surface area contributed by atoms with E-state index in [0.29, 0.717) is 10.7 Å². The first kappa shape index (κ1) is 18.0. The molecule has 0 atom stereocenters. The molecule has 2 aromatic carbocycles. The number of nitrogens with one attached hydrogen (secondary N) is 1. The highest BCUT2D eigenvalue weighted by atomic mass is 79.9. The van der Waals surface area contributed by atoms with E-state index in [1.807, 2.05) is 19.1 Å². The molecule has 2 rings (SSSR count). The SMILES string of the molecule is Cc1cc(NC(=O)CCS(=O)(=O)c2ccc(Cl)cc2)ccc1Br. The number of rotatable bonds is 5. The number of amides is 1. The fraction of sp³-hybridized carbons (Fsp3) is 0.188. The maximum atomic E-state index is 12.2. The Labute approximate surface area is 148 Å². The van der Waals surface area contributed by atoms with Gasteiger partial charge in [0.2, 0.25) is 5.91 Å². The summed E-state index contributed by atoms with van der Waals surface area (Å²) in [5, 5.41) is 3.16. The monoisotopic (exact) mass is 415 g/mol. The Balaban J connectivity index is 1.98. The van der Waals surface area contributed by atoms with Crippen LogP contribution in [0.3, 0.4) is 0 Å². The van der Waals surface area contributed by atoms with E-state index in [9.17, 15) is 13.2 Å². The van der Waals surface area contributed by atoms with E-state index in [-0.39, 0.29) is 23.0 Å². The molecule has 1 N–H and O–H groups in total. The number of aryl methyl sites for hydroxylation is 1. The second-order valence-corrected chi connectivity index (χ2v) is 8.43. The van der Waals surface area contributed by atoms with Gasteiger partial charge in [-0.25, -0.2) is 8.42 Å². The van der Waals surface area contributed by atoms with Crippen molar-refractivity contribution in [3.05, 3.63) is 57.5 Å². The number of carbonyl (C=O) groups excluding carboxylic acids is 1. The topological polar surface area (TPSA) is 63.2 Å². The zero-order chi connectivity index (χ0) is 17.0. The van der Waals surface area contributed by atoms with Gasteiger partial charge >= 0.3 is 0 Å². The van der Waals surface area contributed by atoms with Crippen molar-refractivity contribution in [3.8, 4) is 0 Å². The summed E-state index contributed by atoms with van der Waals surface area (Å²) in [6.07, 6.45) is -0.111. The van der Waals surface area contributed by atoms with Crippen molar-refractivity contribution in [1.82, 2.24) is 0 Å². The molecule has 0 radical (unpaired) electrons. The van der Waals surface area contributed by atoms with Crippen LogP contribution in [0.25, 0.3) is 0 Å². The highest BCUT2D eigenvalue weighted by Gasteiger charge is 2.16. The minimum absolute atomic E-state index is 0.111. The Hall–Kier alpha value is -1.37. The lowest BCUT2D eigenvalue weighted by Gasteiger charge is -2.08. The number of halogens is 2. The number of hydrogen-bond donors (Lipinski definition) is 1. The van der Waals surface area contributed by atoms with Crippen molar-refractivity contribution in [2.45, 2.75) is 18.2 Å². The van der Waals surface area contributed by atoms with Crippen LogP contribution in [-0.2, 0) is 14.6 Å². The molecular formula is C16H15BrClNO3S. The Bertz CT molecular complexity index is 820. The fourth-order valence-corrected chi connectivity index (χ4v) is 3.55. The molecule has 0 spiro atoms. The highest BCUT2D eigenvalue weighted by Crippen LogP contribution is 2.20. The molecule has 4 nitrogen and oxygen atoms in total. The molecule has 122 valence electrons. The lowest BCUT2D eigenvalue weighted by atomic mass is 10.2. The fourth-order valence-electron chi connectivity index (χ4n) is 1.93. The van der Waals surface area contributed by atoms with Gasteiger partial charge in [-0.05, 0) is 55.0 Å². The minimum atomic E-state index is -3.51. The zero-order valence-electron chi connectivity index (χ0n) is 12.3. The lowest BCUT2D eigenvalue weighted by Crippen LogP contribution is -2.17. The van der Waals surface area contributed by atoms with Crippen molar-refractivity contribution in [2.75, 3.05) is 11.1 Å². The number of hydrogen-bond acceptors (Lipinski definition) is 3. The molecule has 0 fully saturated rings. The number of anilines is 1. The van der Waals surface area contributed by atoms with Gasteiger partial charge in [0.1, 0.15) is 0 Å². The molecule has 23 heavy (non-hydrogen) atoms. The van der Waals surface area contributed by atoms with Gasteiger partial charge in [0.05, 0.1) is 10.6 Å². The molecule has 0 aromatic heterocycles. The summed E-state index contributed by atoms with van der Waals surface area (Å²) in [6.45, 7) is 1.91. The van der Waals surface area contributed by atoms with Gasteiger partial charge in [0, 0.05) is 21.6 Å². The number of sulfone groups is 1. The quantitative estimate of drug-likeness (QED) is 0.794. The Morgan fingerprint density at radius 3 is 2.43 bits per heavy atom. The molecule has 2 aromatic rings. The molecule has 0 aliphatic heterocycles. The van der Waals surface area contributed by atoms with Crippen LogP contribution in [0.1, 0.15) is 12.0 Å². The predicted molar refractivity (Wildman–Crippen MR) is 95.6 cm³/mol. The van der Waals surface area contributed by atoms with E-state index < -0.39 is 9.84 Å². The lowest BCUT2D eigenvalue weighted by molar-refractivity contribution is -0.115. The van der Waals surface area contributed by atoms with Crippen LogP contribution in [0.2, 0.25) is 5.02 Å². The molecule has 0 unspecified atom stereocenters. The molecule has 0 aliphatic carbocycles. The molecule has 0 saturated carbocycles. The highest BCUT2D eigenvalue weighted by molar-refractivity contribution is 9.10. The Morgan fingerprint density at radius 1 is 1.17 bits per heavy atom. The normalized spacial score (nSPS) is 11.3. The first-order valence-corrected chi connectivity index (χ1v) is 9.64. The second kappa shape index (κ2) is 7.47. The van der Waals surface area contributed by atoms with Gasteiger partial charge in [-0.1, -0.05) is 27.5 Å². The van der Waals surface area contributed by atoms with Gasteiger partial charge in [0.15, 0.2) is 9.84 Å². The van der Waals surface area contributed by atoms with Crippen LogP contribution in [0.15, 0.2) is 51.8 Å². The van der Waals surface area contributed by atoms with Gasteiger partial charge in [-0.2, -0.15) is 0 Å². The van der Waals surface area contributed by atoms with E-state index in [1.54, 1.807) is 6.07 Å². The average Bonchev–Trinajstić information content (AvgIpc) is 2.50. The van der Waals surface area contributed by atoms with Crippen LogP contribution in [0.5, 0.6) is 0 Å². The smallest absolute Gasteiger partial charge is 0.225 e. The zero-order valence-corrected chi connectivity index (χ0v) is 15.5. The third-order valence-corrected chi connectivity index (χ3v) is 6.09. The molecule has 0 aliphatic rings. The van der Waals surface area contributed by atoms with E-state index >= 15 is 0 Å². The Morgan fingerprint density at radius 2 is 1.83 bits per heavy atom. The van der Waals surface area contributed by atoms with Crippen molar-refractivity contribution in [2.24, 2.45) is 0 Å². The van der Waals surface area contributed by atoms with Crippen molar-refractivity contribution < 1.29 is 13.2 Å². The van der Waals surface area contributed by atoms with Gasteiger partial charge in [0.25, 0.3) is 0 Å². The standard InChI is InChI=1S/C16H15BrClNO3S/c1-11-10-13(4-7-15(11)17)19-16(20)8-9-23(21,22)14-5-2-12(18)3-6-14/h2-7,10H,8-9H2,1H3,(H,19,20). The maximum absolute atomic E-state index is 12.2. The van der Waals surface area contributed by atoms with Crippen LogP contribution in [-0.4, -0.2) is 20.1 Å². The first-order valence-electron chi connectivity index (χ1n) is 6.82. The summed E-state index contributed by atoms with van der Waals surface area (Å²) < 4.78 is 25.3. The van der Waals surface area contributed by atoms with Crippen molar-refractivity contribution in [3.63, 3.8) is 0 Å². The van der Waals surface area contributed by atoms with Crippen LogP contribution in [0.4, 0.5) is 5.69 Å². The third kappa shape index (κ3) is 5.06. The van der Waals surface area contributed by atoms with E-state index in [0.717, 1.165) is 10.0 Å². The van der Waals surface area contributed by atoms with Gasteiger partial charge in [-0.15, -0.1) is 0 Å². The van der Waals surface area contributed by atoms with Crippen LogP contribution >= 0.6 is 27.5 Å². The Kier molecular flexibility index (Phi) is 5.84. The predicted octanol–water partition coefficient (Wildman–Crippen LogP) is 4.21. The summed E-state index contributed by atoms with van der Waals surface area (Å²) in [7, 11) is -3.51. The van der Waals surface area contributed by atoms with Gasteiger partial charge in [-0.3, -0.25) is 4.79 Å². The summed E-state index contributed by atoms with van der Waals surface area (Å²) in [5.74, 6) is -0.597. The summed E-state index contributed by atoms with van der Waals surface area (Å²) in [6, 6.07) is 11.3. The minimum Gasteiger partial charge on any atom is -0.326 e. The van der Waals surface area contributed by atoms with Crippen molar-refractivity contribution in [1.29, 1.82) is 0 Å². The first-order chi connectivity index (χ1) is 10.8. The average molecular weight is 417 g/mol. The van der Waals surface area contributed by atoms with E-state index in [1.165, 1.54) is 24.3 Å². The van der Waals surface area contributed by atoms with Crippen LogP contribution < -0.4 is 5.32 Å². The third-order valence-electron chi connectivity index (χ3n) is 3.21. The largest absolute Gasteiger partial charge is 0.326 e. The summed E-state index contributed by atoms with van der Waals surface area (Å²) in [5.41, 5.74) is 1.62. The second-order valence-electron chi connectivity index (χ2n) is 5.03. The molecule has 0 saturated heterocycles. The van der Waals surface area contributed by atoms with E-state index in [4.69, 9.17) is 11.6 Å². The molecule has 1 amide bonds. The molecular weight excluding hydrogens is 402 g/mol. The van der Waals surface area contributed by atoms with Gasteiger partial charge < -0.3 is 5.32 Å². The molecule has 0 heterocycles. The van der Waals surface area contributed by atoms with Crippen LogP contribution in [0, 0.1) is 6.92 Å². The summed E-state index contributed by atoms with van der Waals surface area (Å²) >= 11 is 9.12. The van der Waals surface area contributed by atoms with E-state index in [2.05, 4.69) is 21.2 Å². The number of carbonyl (C=O) groups is 1. The number of benzene rings is 2. The van der Waals surface area contributed by atoms with Crippen molar-refractivity contribution >= 4 is 49.0 Å². The molecule has 7 heteroatoms. The molecule has 0 bridgehead atoms.